The number of nitrogens with zero attached hydrogens (tertiary/aromatic N) is 1. The second kappa shape index (κ2) is 5.44. The third kappa shape index (κ3) is 2.23. The van der Waals surface area contributed by atoms with E-state index in [1.165, 1.54) is 0 Å². The SMILES string of the molecule is CCOC(=O)C(CS)N1C(=O)c2ccccc2C1=O. The Morgan fingerprint density at radius 2 is 1.79 bits per heavy atom. The molecule has 0 aromatic heterocycles. The molecular formula is C13H13NO4S. The van der Waals surface area contributed by atoms with Gasteiger partial charge in [-0.2, -0.15) is 12.6 Å². The molecule has 100 valence electrons. The molecule has 0 saturated carbocycles. The van der Waals surface area contributed by atoms with E-state index in [1.807, 2.05) is 0 Å². The predicted octanol–water partition coefficient (Wildman–Crippen LogP) is 1.14. The van der Waals surface area contributed by atoms with Crippen LogP contribution in [0.25, 0.3) is 0 Å². The first-order valence-corrected chi connectivity index (χ1v) is 6.49. The van der Waals surface area contributed by atoms with E-state index in [1.54, 1.807) is 31.2 Å². The molecule has 2 amide bonds. The van der Waals surface area contributed by atoms with Crippen LogP contribution in [-0.4, -0.2) is 41.1 Å². The summed E-state index contributed by atoms with van der Waals surface area (Å²) in [5.41, 5.74) is 0.618. The van der Waals surface area contributed by atoms with E-state index in [2.05, 4.69) is 12.6 Å². The van der Waals surface area contributed by atoms with E-state index in [0.717, 1.165) is 4.90 Å². The van der Waals surface area contributed by atoms with Gasteiger partial charge in [0.25, 0.3) is 11.8 Å². The molecule has 0 spiro atoms. The molecule has 6 heteroatoms. The number of esters is 1. The molecule has 1 aliphatic rings. The molecule has 5 nitrogen and oxygen atoms in total. The Bertz CT molecular complexity index is 508. The molecule has 0 aliphatic carbocycles. The average molecular weight is 279 g/mol. The Morgan fingerprint density at radius 1 is 1.26 bits per heavy atom. The summed E-state index contributed by atoms with van der Waals surface area (Å²) in [6.45, 7) is 1.85. The number of benzene rings is 1. The fourth-order valence-electron chi connectivity index (χ4n) is 1.99. The van der Waals surface area contributed by atoms with Gasteiger partial charge in [-0.15, -0.1) is 0 Å². The van der Waals surface area contributed by atoms with Crippen LogP contribution < -0.4 is 0 Å². The molecule has 1 aliphatic heterocycles. The Morgan fingerprint density at radius 3 is 2.21 bits per heavy atom. The average Bonchev–Trinajstić information content (AvgIpc) is 2.66. The molecular weight excluding hydrogens is 266 g/mol. The molecule has 1 atom stereocenters. The lowest BCUT2D eigenvalue weighted by Crippen LogP contribution is -2.46. The van der Waals surface area contributed by atoms with Gasteiger partial charge in [0.05, 0.1) is 17.7 Å². The van der Waals surface area contributed by atoms with Crippen molar-refractivity contribution in [2.45, 2.75) is 13.0 Å². The highest BCUT2D eigenvalue weighted by Gasteiger charge is 2.42. The molecule has 0 N–H and O–H groups in total. The maximum absolute atomic E-state index is 12.2. The van der Waals surface area contributed by atoms with Crippen LogP contribution in [-0.2, 0) is 9.53 Å². The summed E-state index contributed by atoms with van der Waals surface area (Å²) in [6, 6.07) is 5.49. The van der Waals surface area contributed by atoms with Crippen molar-refractivity contribution in [2.24, 2.45) is 0 Å². The number of thiol groups is 1. The van der Waals surface area contributed by atoms with Gasteiger partial charge in [0.15, 0.2) is 0 Å². The molecule has 19 heavy (non-hydrogen) atoms. The first-order valence-electron chi connectivity index (χ1n) is 5.86. The van der Waals surface area contributed by atoms with Gasteiger partial charge < -0.3 is 4.74 Å². The Balaban J connectivity index is 2.35. The van der Waals surface area contributed by atoms with E-state index >= 15 is 0 Å². The lowest BCUT2D eigenvalue weighted by molar-refractivity contribution is -0.146. The number of amides is 2. The van der Waals surface area contributed by atoms with Crippen molar-refractivity contribution in [2.75, 3.05) is 12.4 Å². The van der Waals surface area contributed by atoms with Crippen molar-refractivity contribution >= 4 is 30.4 Å². The Labute approximate surface area is 115 Å². The van der Waals surface area contributed by atoms with E-state index in [9.17, 15) is 14.4 Å². The summed E-state index contributed by atoms with van der Waals surface area (Å²) in [5.74, 6) is -1.54. The van der Waals surface area contributed by atoms with Gasteiger partial charge in [-0.1, -0.05) is 12.1 Å². The normalized spacial score (nSPS) is 15.4. The number of fused-ring (bicyclic) bond motifs is 1. The zero-order chi connectivity index (χ0) is 14.0. The fraction of sp³-hybridized carbons (Fsp3) is 0.308. The Kier molecular flexibility index (Phi) is 3.90. The smallest absolute Gasteiger partial charge is 0.330 e. The summed E-state index contributed by atoms with van der Waals surface area (Å²) in [7, 11) is 0. The van der Waals surface area contributed by atoms with Crippen LogP contribution in [0.3, 0.4) is 0 Å². The van der Waals surface area contributed by atoms with E-state index < -0.39 is 23.8 Å². The van der Waals surface area contributed by atoms with Crippen molar-refractivity contribution in [3.05, 3.63) is 35.4 Å². The predicted molar refractivity (Wildman–Crippen MR) is 71.2 cm³/mol. The maximum atomic E-state index is 12.2. The van der Waals surface area contributed by atoms with Crippen LogP contribution >= 0.6 is 12.6 Å². The standard InChI is InChI=1S/C13H13NO4S/c1-2-18-13(17)10(7-19)14-11(15)8-5-3-4-6-9(8)12(14)16/h3-6,10,19H,2,7H2,1H3. The summed E-state index contributed by atoms with van der Waals surface area (Å²) >= 11 is 4.04. The summed E-state index contributed by atoms with van der Waals surface area (Å²) < 4.78 is 4.87. The molecule has 1 heterocycles. The molecule has 0 radical (unpaired) electrons. The number of ether oxygens (including phenoxy) is 1. The number of carbonyl (C=O) groups is 3. The van der Waals surface area contributed by atoms with Crippen LogP contribution in [0.2, 0.25) is 0 Å². The van der Waals surface area contributed by atoms with E-state index in [4.69, 9.17) is 4.74 Å². The third-order valence-corrected chi connectivity index (χ3v) is 3.21. The lowest BCUT2D eigenvalue weighted by atomic mass is 10.1. The molecule has 1 aromatic rings. The van der Waals surface area contributed by atoms with Crippen molar-refractivity contribution < 1.29 is 19.1 Å². The monoisotopic (exact) mass is 279 g/mol. The molecule has 1 aromatic carbocycles. The van der Waals surface area contributed by atoms with Crippen molar-refractivity contribution in [1.29, 1.82) is 0 Å². The number of imide groups is 1. The van der Waals surface area contributed by atoms with E-state index in [0.29, 0.717) is 11.1 Å². The Hall–Kier alpha value is -1.82. The highest BCUT2D eigenvalue weighted by molar-refractivity contribution is 7.80. The number of hydrogen-bond acceptors (Lipinski definition) is 5. The largest absolute Gasteiger partial charge is 0.464 e. The maximum Gasteiger partial charge on any atom is 0.330 e. The highest BCUT2D eigenvalue weighted by Crippen LogP contribution is 2.25. The number of rotatable bonds is 4. The van der Waals surface area contributed by atoms with Crippen molar-refractivity contribution in [3.63, 3.8) is 0 Å². The second-order valence-corrected chi connectivity index (χ2v) is 4.34. The van der Waals surface area contributed by atoms with Crippen LogP contribution in [0.1, 0.15) is 27.6 Å². The van der Waals surface area contributed by atoms with Gasteiger partial charge in [-0.05, 0) is 19.1 Å². The minimum Gasteiger partial charge on any atom is -0.464 e. The van der Waals surface area contributed by atoms with Crippen molar-refractivity contribution in [3.8, 4) is 0 Å². The first-order chi connectivity index (χ1) is 9.11. The minimum absolute atomic E-state index is 0.0320. The van der Waals surface area contributed by atoms with Crippen LogP contribution in [0.5, 0.6) is 0 Å². The van der Waals surface area contributed by atoms with Gasteiger partial charge in [0.2, 0.25) is 0 Å². The summed E-state index contributed by atoms with van der Waals surface area (Å²) in [5, 5.41) is 0. The van der Waals surface area contributed by atoms with Crippen LogP contribution in [0.15, 0.2) is 24.3 Å². The summed E-state index contributed by atoms with van der Waals surface area (Å²) in [6.07, 6.45) is 0. The molecule has 2 rings (SSSR count). The summed E-state index contributed by atoms with van der Waals surface area (Å²) in [4.78, 5) is 37.1. The van der Waals surface area contributed by atoms with E-state index in [-0.39, 0.29) is 12.4 Å². The second-order valence-electron chi connectivity index (χ2n) is 3.98. The highest BCUT2D eigenvalue weighted by atomic mass is 32.1. The van der Waals surface area contributed by atoms with Gasteiger partial charge in [0, 0.05) is 5.75 Å². The van der Waals surface area contributed by atoms with Gasteiger partial charge in [-0.3, -0.25) is 14.5 Å². The lowest BCUT2D eigenvalue weighted by Gasteiger charge is -2.22. The van der Waals surface area contributed by atoms with Gasteiger partial charge in [0.1, 0.15) is 6.04 Å². The molecule has 0 saturated heterocycles. The topological polar surface area (TPSA) is 63.7 Å². The fourth-order valence-corrected chi connectivity index (χ4v) is 2.30. The molecule has 0 fully saturated rings. The van der Waals surface area contributed by atoms with Crippen LogP contribution in [0, 0.1) is 0 Å². The third-order valence-electron chi connectivity index (χ3n) is 2.87. The minimum atomic E-state index is -0.990. The number of hydrogen-bond donors (Lipinski definition) is 1. The quantitative estimate of drug-likeness (QED) is 0.510. The zero-order valence-corrected chi connectivity index (χ0v) is 11.2. The zero-order valence-electron chi connectivity index (χ0n) is 10.3. The van der Waals surface area contributed by atoms with Crippen molar-refractivity contribution in [1.82, 2.24) is 4.90 Å². The van der Waals surface area contributed by atoms with Gasteiger partial charge >= 0.3 is 5.97 Å². The molecule has 0 bridgehead atoms. The molecule has 1 unspecified atom stereocenters. The first kappa shape index (κ1) is 13.6. The van der Waals surface area contributed by atoms with Crippen LogP contribution in [0.4, 0.5) is 0 Å². The number of carbonyl (C=O) groups excluding carboxylic acids is 3. The van der Waals surface area contributed by atoms with Gasteiger partial charge in [-0.25, -0.2) is 4.79 Å².